The van der Waals surface area contributed by atoms with E-state index in [4.69, 9.17) is 16.7 Å². The lowest BCUT2D eigenvalue weighted by Crippen LogP contribution is -2.49. The number of fused-ring (bicyclic) bond motifs is 1. The van der Waals surface area contributed by atoms with Crippen LogP contribution in [0.4, 0.5) is 4.79 Å². The van der Waals surface area contributed by atoms with E-state index in [0.717, 1.165) is 0 Å². The summed E-state index contributed by atoms with van der Waals surface area (Å²) < 4.78 is 0. The summed E-state index contributed by atoms with van der Waals surface area (Å²) in [6.45, 7) is 0.307. The zero-order chi connectivity index (χ0) is 16.6. The van der Waals surface area contributed by atoms with Crippen LogP contribution < -0.4 is 0 Å². The van der Waals surface area contributed by atoms with Gasteiger partial charge in [-0.15, -0.1) is 0 Å². The Hall–Kier alpha value is -2.41. The van der Waals surface area contributed by atoms with Crippen molar-refractivity contribution in [1.82, 2.24) is 14.9 Å². The number of carboxylic acids is 1. The Morgan fingerprint density at radius 3 is 2.48 bits per heavy atom. The van der Waals surface area contributed by atoms with Gasteiger partial charge in [0.15, 0.2) is 0 Å². The molecule has 0 atom stereocenters. The van der Waals surface area contributed by atoms with E-state index < -0.39 is 17.5 Å². The number of aromatic nitrogens is 2. The van der Waals surface area contributed by atoms with Gasteiger partial charge >= 0.3 is 12.1 Å². The van der Waals surface area contributed by atoms with Gasteiger partial charge < -0.3 is 15.1 Å². The maximum Gasteiger partial charge on any atom is 0.407 e. The molecule has 0 radical (unpaired) electrons. The Morgan fingerprint density at radius 2 is 1.87 bits per heavy atom. The number of carbonyl (C=O) groups is 2. The predicted molar refractivity (Wildman–Crippen MR) is 82.7 cm³/mol. The molecular formula is C15H14ClN3O4. The van der Waals surface area contributed by atoms with Gasteiger partial charge in [-0.1, -0.05) is 11.6 Å². The number of rotatable bonds is 2. The lowest BCUT2D eigenvalue weighted by atomic mass is 9.74. The van der Waals surface area contributed by atoms with Crippen LogP contribution in [0.5, 0.6) is 0 Å². The molecule has 0 aliphatic carbocycles. The van der Waals surface area contributed by atoms with Crippen LogP contribution >= 0.6 is 11.6 Å². The zero-order valence-electron chi connectivity index (χ0n) is 12.1. The minimum atomic E-state index is -1.22. The van der Waals surface area contributed by atoms with E-state index in [9.17, 15) is 14.7 Å². The molecule has 1 aromatic carbocycles. The molecule has 1 amide bonds. The van der Waals surface area contributed by atoms with E-state index >= 15 is 0 Å². The Balaban J connectivity index is 2.10. The Labute approximate surface area is 136 Å². The van der Waals surface area contributed by atoms with Crippen LogP contribution in [0, 0.1) is 0 Å². The van der Waals surface area contributed by atoms with Gasteiger partial charge in [-0.2, -0.15) is 0 Å². The molecule has 2 heterocycles. The topological polar surface area (TPSA) is 104 Å². The minimum absolute atomic E-state index is 0.153. The maximum absolute atomic E-state index is 12.0. The largest absolute Gasteiger partial charge is 0.481 e. The zero-order valence-corrected chi connectivity index (χ0v) is 12.8. The van der Waals surface area contributed by atoms with Crippen molar-refractivity contribution in [2.75, 3.05) is 13.1 Å². The molecule has 120 valence electrons. The summed E-state index contributed by atoms with van der Waals surface area (Å²) in [5.74, 6) is -1.00. The van der Waals surface area contributed by atoms with Gasteiger partial charge in [0.2, 0.25) is 0 Å². The molecule has 0 bridgehead atoms. The van der Waals surface area contributed by atoms with Gasteiger partial charge in [0.1, 0.15) is 11.7 Å². The summed E-state index contributed by atoms with van der Waals surface area (Å²) in [6.07, 6.45) is 0.623. The standard InChI is InChI=1S/C15H14ClN3O4/c16-9-1-2-10-11(7-9)17-8-18-12(10)15(13(20)21)3-5-19(6-4-15)14(22)23/h1-2,7-8H,3-6H2,(H,20,21)(H,22,23). The van der Waals surface area contributed by atoms with Crippen LogP contribution in [0.2, 0.25) is 5.02 Å². The van der Waals surface area contributed by atoms with Gasteiger partial charge in [-0.05, 0) is 31.0 Å². The van der Waals surface area contributed by atoms with E-state index in [-0.39, 0.29) is 25.9 Å². The average Bonchev–Trinajstić information content (AvgIpc) is 2.53. The molecule has 3 rings (SSSR count). The van der Waals surface area contributed by atoms with Crippen molar-refractivity contribution in [2.24, 2.45) is 0 Å². The van der Waals surface area contributed by atoms with Crippen molar-refractivity contribution in [2.45, 2.75) is 18.3 Å². The van der Waals surface area contributed by atoms with Crippen LogP contribution in [-0.4, -0.2) is 50.2 Å². The fourth-order valence-electron chi connectivity index (χ4n) is 3.04. The van der Waals surface area contributed by atoms with Gasteiger partial charge in [-0.25, -0.2) is 14.8 Å². The number of nitrogens with zero attached hydrogens (tertiary/aromatic N) is 3. The summed E-state index contributed by atoms with van der Waals surface area (Å²) in [7, 11) is 0. The number of benzene rings is 1. The molecule has 23 heavy (non-hydrogen) atoms. The van der Waals surface area contributed by atoms with Crippen molar-refractivity contribution in [3.05, 3.63) is 35.2 Å². The second-order valence-electron chi connectivity index (χ2n) is 5.54. The number of hydrogen-bond acceptors (Lipinski definition) is 4. The lowest BCUT2D eigenvalue weighted by Gasteiger charge is -2.37. The first-order chi connectivity index (χ1) is 10.9. The third-order valence-electron chi connectivity index (χ3n) is 4.35. The van der Waals surface area contributed by atoms with Crippen LogP contribution in [-0.2, 0) is 10.2 Å². The van der Waals surface area contributed by atoms with Crippen LogP contribution in [0.1, 0.15) is 18.5 Å². The first-order valence-corrected chi connectivity index (χ1v) is 7.44. The predicted octanol–water partition coefficient (Wildman–Crippen LogP) is 2.38. The van der Waals surface area contributed by atoms with Crippen molar-refractivity contribution >= 4 is 34.6 Å². The first kappa shape index (κ1) is 15.5. The Kier molecular flexibility index (Phi) is 3.81. The lowest BCUT2D eigenvalue weighted by molar-refractivity contribution is -0.146. The van der Waals surface area contributed by atoms with Crippen LogP contribution in [0.3, 0.4) is 0 Å². The van der Waals surface area contributed by atoms with E-state index in [1.54, 1.807) is 18.2 Å². The quantitative estimate of drug-likeness (QED) is 0.873. The van der Waals surface area contributed by atoms with E-state index in [2.05, 4.69) is 9.97 Å². The van der Waals surface area contributed by atoms with Gasteiger partial charge in [0.25, 0.3) is 0 Å². The molecule has 8 heteroatoms. The number of piperidine rings is 1. The highest BCUT2D eigenvalue weighted by molar-refractivity contribution is 6.31. The number of carboxylic acid groups (broad SMARTS) is 2. The van der Waals surface area contributed by atoms with E-state index in [0.29, 0.717) is 21.6 Å². The van der Waals surface area contributed by atoms with Crippen molar-refractivity contribution in [3.63, 3.8) is 0 Å². The summed E-state index contributed by atoms with van der Waals surface area (Å²) in [4.78, 5) is 32.7. The molecule has 1 aromatic heterocycles. The highest BCUT2D eigenvalue weighted by Crippen LogP contribution is 2.38. The summed E-state index contributed by atoms with van der Waals surface area (Å²) >= 11 is 5.96. The van der Waals surface area contributed by atoms with Crippen molar-refractivity contribution < 1.29 is 19.8 Å². The number of aliphatic carboxylic acids is 1. The molecule has 0 saturated carbocycles. The van der Waals surface area contributed by atoms with Crippen LogP contribution in [0.15, 0.2) is 24.5 Å². The SMILES string of the molecule is O=C(O)N1CCC(C(=O)O)(c2ncnc3cc(Cl)ccc23)CC1. The van der Waals surface area contributed by atoms with E-state index in [1.165, 1.54) is 11.2 Å². The molecule has 0 spiro atoms. The van der Waals surface area contributed by atoms with Gasteiger partial charge in [0.05, 0.1) is 11.2 Å². The number of likely N-dealkylation sites (tertiary alicyclic amines) is 1. The smallest absolute Gasteiger partial charge is 0.407 e. The molecule has 1 aliphatic heterocycles. The van der Waals surface area contributed by atoms with E-state index in [1.807, 2.05) is 0 Å². The van der Waals surface area contributed by atoms with Gasteiger partial charge in [0, 0.05) is 23.5 Å². The summed E-state index contributed by atoms with van der Waals surface area (Å²) in [5, 5.41) is 20.0. The molecule has 7 nitrogen and oxygen atoms in total. The summed E-state index contributed by atoms with van der Waals surface area (Å²) in [5.41, 5.74) is -0.235. The summed E-state index contributed by atoms with van der Waals surface area (Å²) in [6, 6.07) is 5.03. The molecule has 1 saturated heterocycles. The molecule has 2 aromatic rings. The van der Waals surface area contributed by atoms with Gasteiger partial charge in [-0.3, -0.25) is 4.79 Å². The second kappa shape index (κ2) is 5.66. The third-order valence-corrected chi connectivity index (χ3v) is 4.58. The molecule has 1 fully saturated rings. The number of halogens is 1. The fourth-order valence-corrected chi connectivity index (χ4v) is 3.21. The fraction of sp³-hybridized carbons (Fsp3) is 0.333. The monoisotopic (exact) mass is 335 g/mol. The van der Waals surface area contributed by atoms with Crippen LogP contribution in [0.25, 0.3) is 10.9 Å². The Morgan fingerprint density at radius 1 is 1.17 bits per heavy atom. The minimum Gasteiger partial charge on any atom is -0.481 e. The van der Waals surface area contributed by atoms with Crippen molar-refractivity contribution in [1.29, 1.82) is 0 Å². The molecular weight excluding hydrogens is 322 g/mol. The normalized spacial score (nSPS) is 17.2. The number of hydrogen-bond donors (Lipinski definition) is 2. The average molecular weight is 336 g/mol. The Bertz CT molecular complexity index is 787. The maximum atomic E-state index is 12.0. The highest BCUT2D eigenvalue weighted by atomic mass is 35.5. The number of amides is 1. The second-order valence-corrected chi connectivity index (χ2v) is 5.98. The molecule has 0 unspecified atom stereocenters. The molecule has 2 N–H and O–H groups in total. The first-order valence-electron chi connectivity index (χ1n) is 7.06. The highest BCUT2D eigenvalue weighted by Gasteiger charge is 2.46. The van der Waals surface area contributed by atoms with Crippen molar-refractivity contribution in [3.8, 4) is 0 Å². The molecule has 1 aliphatic rings. The third kappa shape index (κ3) is 2.57.